The number of rotatable bonds is 6. The van der Waals surface area contributed by atoms with E-state index in [4.69, 9.17) is 0 Å². The summed E-state index contributed by atoms with van der Waals surface area (Å²) in [5, 5.41) is 6.03. The zero-order valence-electron chi connectivity index (χ0n) is 14.1. The molecule has 5 heteroatoms. The monoisotopic (exact) mass is 332 g/mol. The molecule has 1 amide bonds. The van der Waals surface area contributed by atoms with Crippen LogP contribution in [0.15, 0.2) is 67.0 Å². The minimum absolute atomic E-state index is 0.217. The third-order valence-corrected chi connectivity index (χ3v) is 3.72. The molecule has 3 aromatic rings. The highest BCUT2D eigenvalue weighted by Gasteiger charge is 2.07. The van der Waals surface area contributed by atoms with Crippen LogP contribution in [-0.2, 0) is 6.42 Å². The number of amides is 1. The molecule has 0 aliphatic rings. The molecule has 25 heavy (non-hydrogen) atoms. The Morgan fingerprint density at radius 2 is 1.84 bits per heavy atom. The maximum atomic E-state index is 12.1. The molecular weight excluding hydrogens is 312 g/mol. The molecule has 0 saturated carbocycles. The Morgan fingerprint density at radius 1 is 1.00 bits per heavy atom. The van der Waals surface area contributed by atoms with Gasteiger partial charge in [0.2, 0.25) is 0 Å². The highest BCUT2D eigenvalue weighted by molar-refractivity contribution is 5.92. The van der Waals surface area contributed by atoms with Crippen LogP contribution in [0.2, 0.25) is 0 Å². The van der Waals surface area contributed by atoms with E-state index in [0.717, 1.165) is 17.7 Å². The first-order valence-corrected chi connectivity index (χ1v) is 8.18. The molecule has 1 aromatic heterocycles. The summed E-state index contributed by atoms with van der Waals surface area (Å²) < 4.78 is 0. The summed E-state index contributed by atoms with van der Waals surface area (Å²) in [6, 6.07) is 18.0. The van der Waals surface area contributed by atoms with Gasteiger partial charge in [0.25, 0.3) is 5.91 Å². The Hall–Kier alpha value is -3.21. The summed E-state index contributed by atoms with van der Waals surface area (Å²) in [5.41, 5.74) is 3.59. The predicted molar refractivity (Wildman–Crippen MR) is 99.0 cm³/mol. The molecule has 0 saturated heterocycles. The lowest BCUT2D eigenvalue weighted by atomic mass is 10.1. The molecule has 0 spiro atoms. The van der Waals surface area contributed by atoms with Gasteiger partial charge in [-0.2, -0.15) is 0 Å². The van der Waals surface area contributed by atoms with Crippen LogP contribution in [0.4, 0.5) is 11.5 Å². The topological polar surface area (TPSA) is 66.9 Å². The van der Waals surface area contributed by atoms with E-state index in [2.05, 4.69) is 20.6 Å². The number of anilines is 2. The van der Waals surface area contributed by atoms with Gasteiger partial charge in [0.15, 0.2) is 0 Å². The average Bonchev–Trinajstić information content (AvgIpc) is 2.63. The van der Waals surface area contributed by atoms with E-state index in [9.17, 15) is 4.79 Å². The Labute approximate surface area is 147 Å². The van der Waals surface area contributed by atoms with E-state index >= 15 is 0 Å². The molecule has 0 bridgehead atoms. The molecule has 0 radical (unpaired) electrons. The molecule has 0 atom stereocenters. The first-order chi connectivity index (χ1) is 12.2. The second kappa shape index (κ2) is 8.06. The third kappa shape index (κ3) is 4.88. The number of carbonyl (C=O) groups excluding carboxylic acids is 1. The van der Waals surface area contributed by atoms with Gasteiger partial charge in [-0.3, -0.25) is 4.79 Å². The lowest BCUT2D eigenvalue weighted by Crippen LogP contribution is -2.26. The number of aromatic nitrogens is 2. The fourth-order valence-electron chi connectivity index (χ4n) is 2.44. The second-order valence-electron chi connectivity index (χ2n) is 5.77. The number of hydrogen-bond acceptors (Lipinski definition) is 4. The van der Waals surface area contributed by atoms with Gasteiger partial charge < -0.3 is 10.6 Å². The minimum Gasteiger partial charge on any atom is -0.350 e. The van der Waals surface area contributed by atoms with Crippen molar-refractivity contribution in [2.45, 2.75) is 13.3 Å². The second-order valence-corrected chi connectivity index (χ2v) is 5.77. The summed E-state index contributed by atoms with van der Waals surface area (Å²) in [4.78, 5) is 20.6. The average molecular weight is 332 g/mol. The van der Waals surface area contributed by atoms with E-state index in [1.807, 2.05) is 61.5 Å². The number of aryl methyl sites for hydroxylation is 1. The van der Waals surface area contributed by atoms with E-state index in [1.54, 1.807) is 6.20 Å². The van der Waals surface area contributed by atoms with Crippen LogP contribution in [-0.4, -0.2) is 22.4 Å². The van der Waals surface area contributed by atoms with Crippen molar-refractivity contribution in [3.63, 3.8) is 0 Å². The Balaban J connectivity index is 1.53. The molecule has 0 aliphatic carbocycles. The highest BCUT2D eigenvalue weighted by Crippen LogP contribution is 2.14. The number of carbonyl (C=O) groups is 1. The number of hydrogen-bond donors (Lipinski definition) is 2. The fourth-order valence-corrected chi connectivity index (χ4v) is 2.44. The SMILES string of the molecule is Cc1cccc(Nc2cnc(C(=O)NCCc3ccccc3)cn2)c1. The molecule has 126 valence electrons. The molecule has 5 nitrogen and oxygen atoms in total. The molecule has 1 heterocycles. The molecule has 0 unspecified atom stereocenters. The quantitative estimate of drug-likeness (QED) is 0.725. The van der Waals surface area contributed by atoms with E-state index in [1.165, 1.54) is 11.8 Å². The molecule has 2 N–H and O–H groups in total. The van der Waals surface area contributed by atoms with Gasteiger partial charge in [-0.1, -0.05) is 42.5 Å². The standard InChI is InChI=1S/C20H20N4O/c1-15-6-5-9-17(12-15)24-19-14-22-18(13-23-19)20(25)21-11-10-16-7-3-2-4-8-16/h2-9,12-14H,10-11H2,1H3,(H,21,25)(H,23,24). The Bertz CT molecular complexity index is 832. The van der Waals surface area contributed by atoms with Crippen LogP contribution < -0.4 is 10.6 Å². The van der Waals surface area contributed by atoms with Gasteiger partial charge in [0.05, 0.1) is 12.4 Å². The van der Waals surface area contributed by atoms with Crippen molar-refractivity contribution in [3.05, 3.63) is 83.8 Å². The van der Waals surface area contributed by atoms with Crippen LogP contribution in [0, 0.1) is 6.92 Å². The molecule has 0 aliphatic heterocycles. The third-order valence-electron chi connectivity index (χ3n) is 3.72. The fraction of sp³-hybridized carbons (Fsp3) is 0.150. The first-order valence-electron chi connectivity index (χ1n) is 8.18. The summed E-state index contributed by atoms with van der Waals surface area (Å²) >= 11 is 0. The Morgan fingerprint density at radius 3 is 2.56 bits per heavy atom. The van der Waals surface area contributed by atoms with Gasteiger partial charge in [-0.15, -0.1) is 0 Å². The zero-order valence-corrected chi connectivity index (χ0v) is 14.1. The van der Waals surface area contributed by atoms with E-state index < -0.39 is 0 Å². The van der Waals surface area contributed by atoms with Crippen molar-refractivity contribution < 1.29 is 4.79 Å². The smallest absolute Gasteiger partial charge is 0.271 e. The molecule has 2 aromatic carbocycles. The predicted octanol–water partition coefficient (Wildman–Crippen LogP) is 3.50. The largest absolute Gasteiger partial charge is 0.350 e. The first kappa shape index (κ1) is 16.6. The van der Waals surface area contributed by atoms with Gasteiger partial charge in [-0.25, -0.2) is 9.97 Å². The van der Waals surface area contributed by atoms with Crippen LogP contribution in [0.25, 0.3) is 0 Å². The van der Waals surface area contributed by atoms with Crippen LogP contribution in [0.3, 0.4) is 0 Å². The number of benzene rings is 2. The molecule has 3 rings (SSSR count). The Kier molecular flexibility index (Phi) is 5.36. The summed E-state index contributed by atoms with van der Waals surface area (Å²) in [5.74, 6) is 0.386. The van der Waals surface area contributed by atoms with Gasteiger partial charge in [-0.05, 0) is 36.6 Å². The summed E-state index contributed by atoms with van der Waals surface area (Å²) in [6.07, 6.45) is 3.83. The number of nitrogens with one attached hydrogen (secondary N) is 2. The van der Waals surface area contributed by atoms with Crippen LogP contribution >= 0.6 is 0 Å². The number of nitrogens with zero attached hydrogens (tertiary/aromatic N) is 2. The summed E-state index contributed by atoms with van der Waals surface area (Å²) in [7, 11) is 0. The zero-order chi connectivity index (χ0) is 17.5. The van der Waals surface area contributed by atoms with Gasteiger partial charge >= 0.3 is 0 Å². The van der Waals surface area contributed by atoms with Crippen LogP contribution in [0.1, 0.15) is 21.6 Å². The lowest BCUT2D eigenvalue weighted by Gasteiger charge is -2.07. The van der Waals surface area contributed by atoms with Gasteiger partial charge in [0, 0.05) is 12.2 Å². The minimum atomic E-state index is -0.217. The lowest BCUT2D eigenvalue weighted by molar-refractivity contribution is 0.0949. The maximum absolute atomic E-state index is 12.1. The van der Waals surface area contributed by atoms with E-state index in [-0.39, 0.29) is 5.91 Å². The van der Waals surface area contributed by atoms with Crippen molar-refractivity contribution in [1.82, 2.24) is 15.3 Å². The van der Waals surface area contributed by atoms with Crippen molar-refractivity contribution in [1.29, 1.82) is 0 Å². The van der Waals surface area contributed by atoms with Crippen molar-refractivity contribution in [3.8, 4) is 0 Å². The normalized spacial score (nSPS) is 10.3. The maximum Gasteiger partial charge on any atom is 0.271 e. The molecule has 0 fully saturated rings. The van der Waals surface area contributed by atoms with Gasteiger partial charge in [0.1, 0.15) is 11.5 Å². The highest BCUT2D eigenvalue weighted by atomic mass is 16.1. The van der Waals surface area contributed by atoms with E-state index in [0.29, 0.717) is 18.1 Å². The van der Waals surface area contributed by atoms with Crippen LogP contribution in [0.5, 0.6) is 0 Å². The summed E-state index contributed by atoms with van der Waals surface area (Å²) in [6.45, 7) is 2.59. The van der Waals surface area contributed by atoms with Crippen molar-refractivity contribution in [2.24, 2.45) is 0 Å². The molecular formula is C20H20N4O. The van der Waals surface area contributed by atoms with Crippen molar-refractivity contribution >= 4 is 17.4 Å². The van der Waals surface area contributed by atoms with Crippen molar-refractivity contribution in [2.75, 3.05) is 11.9 Å².